The van der Waals surface area contributed by atoms with E-state index in [0.717, 1.165) is 29.3 Å². The number of para-hydroxylation sites is 1. The SMILES string of the molecule is COC(=O)c1cc(N2OCNCC2C)ccc1OCCCOCc1ccccc1OC.COc1ccc2ccccc2c1. The second-order valence-electron chi connectivity index (χ2n) is 9.85. The molecule has 1 aliphatic heterocycles. The van der Waals surface area contributed by atoms with Crippen molar-refractivity contribution < 1.29 is 33.3 Å². The number of hydrogen-bond acceptors (Lipinski definition) is 9. The molecule has 0 aliphatic carbocycles. The van der Waals surface area contributed by atoms with Crippen LogP contribution in [0.5, 0.6) is 17.2 Å². The van der Waals surface area contributed by atoms with Crippen molar-refractivity contribution in [2.45, 2.75) is 26.0 Å². The molecule has 0 spiro atoms. The first-order chi connectivity index (χ1) is 21.0. The van der Waals surface area contributed by atoms with E-state index in [1.807, 2.05) is 61.5 Å². The molecule has 4 aromatic carbocycles. The summed E-state index contributed by atoms with van der Waals surface area (Å²) in [7, 11) is 4.68. The second kappa shape index (κ2) is 16.4. The number of ether oxygens (including phenoxy) is 5. The second-order valence-corrected chi connectivity index (χ2v) is 9.85. The van der Waals surface area contributed by atoms with Crippen LogP contribution < -0.4 is 24.6 Å². The summed E-state index contributed by atoms with van der Waals surface area (Å²) in [5.74, 6) is 1.74. The number of nitrogens with one attached hydrogen (secondary N) is 1. The van der Waals surface area contributed by atoms with E-state index in [1.54, 1.807) is 31.4 Å². The van der Waals surface area contributed by atoms with Crippen LogP contribution in [0, 0.1) is 0 Å². The molecular weight excluding hydrogens is 548 g/mol. The first-order valence-electron chi connectivity index (χ1n) is 14.2. The maximum atomic E-state index is 12.3. The third-order valence-corrected chi connectivity index (χ3v) is 6.87. The number of hydroxylamine groups is 1. The molecule has 9 nitrogen and oxygen atoms in total. The minimum atomic E-state index is -0.452. The highest BCUT2D eigenvalue weighted by Gasteiger charge is 2.22. The van der Waals surface area contributed by atoms with E-state index < -0.39 is 5.97 Å². The predicted molar refractivity (Wildman–Crippen MR) is 167 cm³/mol. The fourth-order valence-electron chi connectivity index (χ4n) is 4.61. The summed E-state index contributed by atoms with van der Waals surface area (Å²) in [6, 6.07) is 27.6. The Balaban J connectivity index is 0.000000292. The van der Waals surface area contributed by atoms with Gasteiger partial charge in [0.25, 0.3) is 0 Å². The average molecular weight is 589 g/mol. The Morgan fingerprint density at radius 1 is 0.884 bits per heavy atom. The predicted octanol–water partition coefficient (Wildman–Crippen LogP) is 6.00. The summed E-state index contributed by atoms with van der Waals surface area (Å²) in [6.07, 6.45) is 0.676. The molecule has 1 saturated heterocycles. The Labute approximate surface area is 253 Å². The maximum Gasteiger partial charge on any atom is 0.341 e. The number of benzene rings is 4. The quantitative estimate of drug-likeness (QED) is 0.167. The van der Waals surface area contributed by atoms with Gasteiger partial charge in [-0.05, 0) is 54.1 Å². The summed E-state index contributed by atoms with van der Waals surface area (Å²) in [5.41, 5.74) is 2.14. The zero-order valence-electron chi connectivity index (χ0n) is 25.2. The van der Waals surface area contributed by atoms with E-state index in [0.29, 0.717) is 44.3 Å². The summed E-state index contributed by atoms with van der Waals surface area (Å²) in [4.78, 5) is 18.0. The number of anilines is 1. The molecule has 0 saturated carbocycles. The number of hydrogen-bond donors (Lipinski definition) is 1. The molecule has 1 heterocycles. The van der Waals surface area contributed by atoms with E-state index in [4.69, 9.17) is 28.5 Å². The lowest BCUT2D eigenvalue weighted by Gasteiger charge is -2.34. The molecule has 0 bridgehead atoms. The number of carbonyl (C=O) groups is 1. The normalized spacial score (nSPS) is 14.4. The van der Waals surface area contributed by atoms with Gasteiger partial charge in [-0.1, -0.05) is 48.5 Å². The van der Waals surface area contributed by atoms with E-state index >= 15 is 0 Å². The van der Waals surface area contributed by atoms with Crippen molar-refractivity contribution in [1.29, 1.82) is 0 Å². The van der Waals surface area contributed by atoms with Gasteiger partial charge >= 0.3 is 5.97 Å². The van der Waals surface area contributed by atoms with Gasteiger partial charge in [0.15, 0.2) is 0 Å². The highest BCUT2D eigenvalue weighted by molar-refractivity contribution is 5.93. The van der Waals surface area contributed by atoms with Crippen LogP contribution in [0.3, 0.4) is 0 Å². The van der Waals surface area contributed by atoms with Crippen LogP contribution in [0.15, 0.2) is 84.9 Å². The van der Waals surface area contributed by atoms with E-state index in [1.165, 1.54) is 17.9 Å². The zero-order chi connectivity index (χ0) is 30.4. The lowest BCUT2D eigenvalue weighted by molar-refractivity contribution is 0.0433. The molecule has 1 fully saturated rings. The van der Waals surface area contributed by atoms with Crippen molar-refractivity contribution in [2.75, 3.05) is 52.9 Å². The molecule has 5 rings (SSSR count). The molecule has 1 N–H and O–H groups in total. The molecule has 43 heavy (non-hydrogen) atoms. The van der Waals surface area contributed by atoms with Crippen LogP contribution in [0.25, 0.3) is 10.8 Å². The first-order valence-corrected chi connectivity index (χ1v) is 14.2. The van der Waals surface area contributed by atoms with Crippen molar-refractivity contribution in [3.05, 3.63) is 96.1 Å². The average Bonchev–Trinajstić information content (AvgIpc) is 3.06. The van der Waals surface area contributed by atoms with Gasteiger partial charge in [-0.25, -0.2) is 9.86 Å². The Kier molecular flexibility index (Phi) is 12.0. The van der Waals surface area contributed by atoms with Crippen molar-refractivity contribution >= 4 is 22.4 Å². The van der Waals surface area contributed by atoms with Gasteiger partial charge < -0.3 is 23.7 Å². The minimum Gasteiger partial charge on any atom is -0.497 e. The number of rotatable bonds is 11. The number of carbonyl (C=O) groups excluding carboxylic acids is 1. The molecule has 1 unspecified atom stereocenters. The molecular formula is C34H40N2O7. The van der Waals surface area contributed by atoms with Gasteiger partial charge in [0.05, 0.1) is 52.9 Å². The van der Waals surface area contributed by atoms with Gasteiger partial charge in [0.1, 0.15) is 29.5 Å². The lowest BCUT2D eigenvalue weighted by atomic mass is 10.1. The van der Waals surface area contributed by atoms with E-state index in [2.05, 4.69) is 23.5 Å². The monoisotopic (exact) mass is 588 g/mol. The molecule has 1 aliphatic rings. The fourth-order valence-corrected chi connectivity index (χ4v) is 4.61. The van der Waals surface area contributed by atoms with Crippen molar-refractivity contribution in [2.24, 2.45) is 0 Å². The van der Waals surface area contributed by atoms with Crippen LogP contribution >= 0.6 is 0 Å². The molecule has 0 aromatic heterocycles. The standard InChI is InChI=1S/C23H30N2O6.C11H10O/c1-17-14-24-16-31-25(17)19-9-10-22(20(13-19)23(26)28-3)30-12-6-11-29-15-18-7-4-5-8-21(18)27-2;1-12-11-7-6-9-4-2-3-5-10(9)8-11/h4-5,7-10,13,17,24H,6,11-12,14-16H2,1-3H3;2-8H,1H3. The highest BCUT2D eigenvalue weighted by Crippen LogP contribution is 2.28. The lowest BCUT2D eigenvalue weighted by Crippen LogP contribution is -2.48. The van der Waals surface area contributed by atoms with Crippen molar-refractivity contribution in [3.63, 3.8) is 0 Å². The number of fused-ring (bicyclic) bond motifs is 1. The summed E-state index contributed by atoms with van der Waals surface area (Å²) < 4.78 is 27.0. The largest absolute Gasteiger partial charge is 0.497 e. The Bertz CT molecular complexity index is 1460. The van der Waals surface area contributed by atoms with Crippen LogP contribution in [0.4, 0.5) is 5.69 Å². The van der Waals surface area contributed by atoms with Gasteiger partial charge in [0, 0.05) is 18.5 Å². The third-order valence-electron chi connectivity index (χ3n) is 6.87. The summed E-state index contributed by atoms with van der Waals surface area (Å²) in [5, 5.41) is 7.41. The number of methoxy groups -OCH3 is 3. The summed E-state index contributed by atoms with van der Waals surface area (Å²) in [6.45, 7) is 4.66. The minimum absolute atomic E-state index is 0.131. The maximum absolute atomic E-state index is 12.3. The van der Waals surface area contributed by atoms with Gasteiger partial charge in [-0.2, -0.15) is 0 Å². The van der Waals surface area contributed by atoms with E-state index in [9.17, 15) is 4.79 Å². The Morgan fingerprint density at radius 2 is 1.67 bits per heavy atom. The van der Waals surface area contributed by atoms with Gasteiger partial charge in [-0.15, -0.1) is 0 Å². The van der Waals surface area contributed by atoms with Crippen molar-refractivity contribution in [1.82, 2.24) is 5.32 Å². The van der Waals surface area contributed by atoms with Gasteiger partial charge in [0.2, 0.25) is 0 Å². The summed E-state index contributed by atoms with van der Waals surface area (Å²) >= 11 is 0. The molecule has 228 valence electrons. The molecule has 4 aromatic rings. The number of nitrogens with zero attached hydrogens (tertiary/aromatic N) is 1. The molecule has 1 atom stereocenters. The molecule has 0 amide bonds. The van der Waals surface area contributed by atoms with Crippen LogP contribution in [-0.2, 0) is 20.9 Å². The highest BCUT2D eigenvalue weighted by atomic mass is 16.7. The molecule has 9 heteroatoms. The first kappa shape index (κ1) is 31.6. The van der Waals surface area contributed by atoms with Crippen LogP contribution in [0.1, 0.15) is 29.3 Å². The zero-order valence-corrected chi connectivity index (χ0v) is 25.2. The van der Waals surface area contributed by atoms with Gasteiger partial charge in [-0.3, -0.25) is 10.2 Å². The smallest absolute Gasteiger partial charge is 0.341 e. The fraction of sp³-hybridized carbons (Fsp3) is 0.324. The van der Waals surface area contributed by atoms with E-state index in [-0.39, 0.29) is 6.04 Å². The third kappa shape index (κ3) is 8.84. The Morgan fingerprint density at radius 3 is 2.44 bits per heavy atom. The topological polar surface area (TPSA) is 87.7 Å². The van der Waals surface area contributed by atoms with Crippen LogP contribution in [-0.4, -0.2) is 59.8 Å². The molecule has 0 radical (unpaired) electrons. The number of esters is 1. The van der Waals surface area contributed by atoms with Crippen molar-refractivity contribution in [3.8, 4) is 17.2 Å². The Hall–Kier alpha value is -4.31. The van der Waals surface area contributed by atoms with Crippen LogP contribution in [0.2, 0.25) is 0 Å².